The molecule has 3 aromatic rings. The monoisotopic (exact) mass is 450 g/mol. The Morgan fingerprint density at radius 1 is 1.06 bits per heavy atom. The van der Waals surface area contributed by atoms with Gasteiger partial charge in [-0.05, 0) is 37.0 Å². The lowest BCUT2D eigenvalue weighted by molar-refractivity contribution is -0.116. The summed E-state index contributed by atoms with van der Waals surface area (Å²) in [5, 5.41) is 10.3. The molecule has 5 nitrogen and oxygen atoms in total. The van der Waals surface area contributed by atoms with E-state index in [1.54, 1.807) is 0 Å². The van der Waals surface area contributed by atoms with Crippen LogP contribution in [0.2, 0.25) is 0 Å². The molecule has 2 aliphatic rings. The van der Waals surface area contributed by atoms with Gasteiger partial charge in [0.05, 0.1) is 18.0 Å². The van der Waals surface area contributed by atoms with Gasteiger partial charge in [-0.2, -0.15) is 0 Å². The summed E-state index contributed by atoms with van der Waals surface area (Å²) in [5.74, 6) is 2.07. The third kappa shape index (κ3) is 4.67. The maximum Gasteiger partial charge on any atom is 0.237 e. The van der Waals surface area contributed by atoms with Crippen LogP contribution in [0.15, 0.2) is 64.6 Å². The van der Waals surface area contributed by atoms with Gasteiger partial charge in [0.2, 0.25) is 5.91 Å². The molecular formula is C24H26N4OS2. The van der Waals surface area contributed by atoms with E-state index < -0.39 is 0 Å². The van der Waals surface area contributed by atoms with Gasteiger partial charge in [0, 0.05) is 22.6 Å². The number of benzene rings is 2. The fourth-order valence-electron chi connectivity index (χ4n) is 3.92. The normalized spacial score (nSPS) is 18.5. The average Bonchev–Trinajstić information content (AvgIpc) is 3.57. The van der Waals surface area contributed by atoms with Crippen molar-refractivity contribution >= 4 is 35.1 Å². The fraction of sp³-hybridized carbons (Fsp3) is 0.375. The molecule has 1 aromatic heterocycles. The summed E-state index contributed by atoms with van der Waals surface area (Å²) in [5.41, 5.74) is 2.26. The van der Waals surface area contributed by atoms with Crippen molar-refractivity contribution in [1.29, 1.82) is 0 Å². The second-order valence-electron chi connectivity index (χ2n) is 8.21. The Balaban J connectivity index is 1.34. The van der Waals surface area contributed by atoms with Gasteiger partial charge >= 0.3 is 0 Å². The van der Waals surface area contributed by atoms with Crippen molar-refractivity contribution in [3.8, 4) is 0 Å². The number of nitrogens with zero attached hydrogens (tertiary/aromatic N) is 4. The standard InChI is InChI=1S/C24H26N4OS2/c1-17-13-14-27(20-9-5-6-10-21(20)31-17)22(29)16-30-24-26-25-23(19-11-12-19)28(24)15-18-7-3-2-4-8-18/h2-10,17,19H,11-16H2,1H3/t17-/m0/s1. The van der Waals surface area contributed by atoms with Gasteiger partial charge in [-0.1, -0.05) is 61.2 Å². The molecule has 0 radical (unpaired) electrons. The maximum absolute atomic E-state index is 13.3. The Bertz CT molecular complexity index is 1060. The minimum atomic E-state index is 0.134. The van der Waals surface area contributed by atoms with E-state index in [1.807, 2.05) is 34.9 Å². The first-order valence-electron chi connectivity index (χ1n) is 10.8. The van der Waals surface area contributed by atoms with Crippen molar-refractivity contribution in [3.63, 3.8) is 0 Å². The second-order valence-corrected chi connectivity index (χ2v) is 10.6. The minimum absolute atomic E-state index is 0.134. The lowest BCUT2D eigenvalue weighted by atomic mass is 10.2. The van der Waals surface area contributed by atoms with Crippen LogP contribution in [0.25, 0.3) is 0 Å². The largest absolute Gasteiger partial charge is 0.311 e. The number of aromatic nitrogens is 3. The molecule has 0 bridgehead atoms. The van der Waals surface area contributed by atoms with Gasteiger partial charge in [0.15, 0.2) is 5.16 Å². The first kappa shape index (κ1) is 20.6. The summed E-state index contributed by atoms with van der Waals surface area (Å²) in [6, 6.07) is 18.6. The SMILES string of the molecule is C[C@H]1CCN(C(=O)CSc2nnc(C3CC3)n2Cc2ccccc2)c2ccccc2S1. The second kappa shape index (κ2) is 9.09. The van der Waals surface area contributed by atoms with Crippen LogP contribution in [0, 0.1) is 0 Å². The zero-order chi connectivity index (χ0) is 21.2. The lowest BCUT2D eigenvalue weighted by Gasteiger charge is -2.22. The molecule has 1 atom stereocenters. The van der Waals surface area contributed by atoms with E-state index in [0.717, 1.165) is 36.2 Å². The number of hydrogen-bond donors (Lipinski definition) is 0. The van der Waals surface area contributed by atoms with Gasteiger partial charge < -0.3 is 9.47 Å². The number of carbonyl (C=O) groups excluding carboxylic acids is 1. The molecule has 1 fully saturated rings. The number of para-hydroxylation sites is 1. The molecule has 0 N–H and O–H groups in total. The van der Waals surface area contributed by atoms with Crippen molar-refractivity contribution in [1.82, 2.24) is 14.8 Å². The Kier molecular flexibility index (Phi) is 6.05. The predicted octanol–water partition coefficient (Wildman–Crippen LogP) is 5.21. The number of fused-ring (bicyclic) bond motifs is 1. The summed E-state index contributed by atoms with van der Waals surface area (Å²) in [6.07, 6.45) is 3.35. The van der Waals surface area contributed by atoms with Crippen LogP contribution in [0.4, 0.5) is 5.69 Å². The van der Waals surface area contributed by atoms with Crippen molar-refractivity contribution in [2.45, 2.75) is 54.0 Å². The fourth-order valence-corrected chi connectivity index (χ4v) is 5.85. The van der Waals surface area contributed by atoms with Crippen LogP contribution < -0.4 is 4.90 Å². The predicted molar refractivity (Wildman–Crippen MR) is 127 cm³/mol. The van der Waals surface area contributed by atoms with E-state index in [1.165, 1.54) is 35.1 Å². The zero-order valence-electron chi connectivity index (χ0n) is 17.6. The van der Waals surface area contributed by atoms with Crippen LogP contribution in [-0.4, -0.2) is 38.2 Å². The van der Waals surface area contributed by atoms with Crippen molar-refractivity contribution < 1.29 is 4.79 Å². The van der Waals surface area contributed by atoms with E-state index in [9.17, 15) is 4.79 Å². The summed E-state index contributed by atoms with van der Waals surface area (Å²) in [7, 11) is 0. The van der Waals surface area contributed by atoms with Gasteiger partial charge in [-0.3, -0.25) is 4.79 Å². The van der Waals surface area contributed by atoms with Crippen LogP contribution in [-0.2, 0) is 11.3 Å². The molecule has 1 aliphatic heterocycles. The molecule has 2 heterocycles. The average molecular weight is 451 g/mol. The summed E-state index contributed by atoms with van der Waals surface area (Å²) in [6.45, 7) is 3.74. The quantitative estimate of drug-likeness (QED) is 0.482. The first-order valence-corrected chi connectivity index (χ1v) is 12.7. The van der Waals surface area contributed by atoms with E-state index >= 15 is 0 Å². The highest BCUT2D eigenvalue weighted by Gasteiger charge is 2.31. The molecule has 160 valence electrons. The smallest absolute Gasteiger partial charge is 0.237 e. The number of carbonyl (C=O) groups is 1. The topological polar surface area (TPSA) is 51.0 Å². The van der Waals surface area contributed by atoms with Crippen LogP contribution >= 0.6 is 23.5 Å². The number of amides is 1. The van der Waals surface area contributed by atoms with Gasteiger partial charge in [0.25, 0.3) is 0 Å². The molecule has 1 amide bonds. The zero-order valence-corrected chi connectivity index (χ0v) is 19.2. The Morgan fingerprint density at radius 2 is 1.84 bits per heavy atom. The highest BCUT2D eigenvalue weighted by atomic mass is 32.2. The third-order valence-corrected chi connectivity index (χ3v) is 7.93. The van der Waals surface area contributed by atoms with Crippen molar-refractivity contribution in [2.75, 3.05) is 17.2 Å². The summed E-state index contributed by atoms with van der Waals surface area (Å²) >= 11 is 3.37. The molecule has 31 heavy (non-hydrogen) atoms. The van der Waals surface area contributed by atoms with Crippen molar-refractivity contribution in [2.24, 2.45) is 0 Å². The third-order valence-electron chi connectivity index (χ3n) is 5.74. The maximum atomic E-state index is 13.3. The van der Waals surface area contributed by atoms with Crippen LogP contribution in [0.5, 0.6) is 0 Å². The van der Waals surface area contributed by atoms with Crippen LogP contribution in [0.1, 0.15) is 43.5 Å². The first-order chi connectivity index (χ1) is 15.2. The summed E-state index contributed by atoms with van der Waals surface area (Å²) in [4.78, 5) is 16.4. The molecule has 1 aliphatic carbocycles. The molecule has 7 heteroatoms. The van der Waals surface area contributed by atoms with Crippen molar-refractivity contribution in [3.05, 3.63) is 66.0 Å². The van der Waals surface area contributed by atoms with E-state index in [0.29, 0.717) is 16.9 Å². The van der Waals surface area contributed by atoms with E-state index in [2.05, 4.69) is 58.1 Å². The molecule has 0 spiro atoms. The van der Waals surface area contributed by atoms with Gasteiger partial charge in [0.1, 0.15) is 5.82 Å². The highest BCUT2D eigenvalue weighted by molar-refractivity contribution is 8.00. The van der Waals surface area contributed by atoms with Gasteiger partial charge in [-0.15, -0.1) is 22.0 Å². The molecule has 0 unspecified atom stereocenters. The summed E-state index contributed by atoms with van der Waals surface area (Å²) < 4.78 is 2.21. The highest BCUT2D eigenvalue weighted by Crippen LogP contribution is 2.41. The Hall–Kier alpha value is -2.25. The number of rotatable bonds is 6. The van der Waals surface area contributed by atoms with Gasteiger partial charge in [-0.25, -0.2) is 0 Å². The minimum Gasteiger partial charge on any atom is -0.311 e. The Morgan fingerprint density at radius 3 is 2.65 bits per heavy atom. The molecule has 2 aromatic carbocycles. The van der Waals surface area contributed by atoms with E-state index in [-0.39, 0.29) is 5.91 Å². The molecule has 5 rings (SSSR count). The number of thioether (sulfide) groups is 2. The molecular weight excluding hydrogens is 424 g/mol. The van der Waals surface area contributed by atoms with E-state index in [4.69, 9.17) is 0 Å². The van der Waals surface area contributed by atoms with Crippen LogP contribution in [0.3, 0.4) is 0 Å². The molecule has 0 saturated heterocycles. The Labute approximate surface area is 191 Å². The number of hydrogen-bond acceptors (Lipinski definition) is 5. The number of anilines is 1. The molecule has 1 saturated carbocycles. The lowest BCUT2D eigenvalue weighted by Crippen LogP contribution is -2.33.